The summed E-state index contributed by atoms with van der Waals surface area (Å²) in [5.41, 5.74) is 3.52. The van der Waals surface area contributed by atoms with Crippen LogP contribution in [0.15, 0.2) is 64.2 Å². The molecule has 3 N–H and O–H groups in total. The van der Waals surface area contributed by atoms with E-state index in [4.69, 9.17) is 16.0 Å². The van der Waals surface area contributed by atoms with E-state index in [0.717, 1.165) is 11.3 Å². The summed E-state index contributed by atoms with van der Waals surface area (Å²) in [6.07, 6.45) is 0.869. The third-order valence-electron chi connectivity index (χ3n) is 4.32. The van der Waals surface area contributed by atoms with Crippen molar-refractivity contribution in [3.8, 4) is 11.5 Å². The summed E-state index contributed by atoms with van der Waals surface area (Å²) in [5, 5.41) is 17.2. The number of rotatable bonds is 7. The van der Waals surface area contributed by atoms with Gasteiger partial charge in [-0.1, -0.05) is 47.5 Å². The largest absolute Gasteiger partial charge is 0.444 e. The number of aryl methyl sites for hydroxylation is 1. The second-order valence-electron chi connectivity index (χ2n) is 6.62. The molecule has 30 heavy (non-hydrogen) atoms. The van der Waals surface area contributed by atoms with Crippen LogP contribution in [0.4, 0.5) is 0 Å². The topological polar surface area (TPSA) is 82.7 Å². The summed E-state index contributed by atoms with van der Waals surface area (Å²) >= 11 is 6.15. The van der Waals surface area contributed by atoms with Gasteiger partial charge in [0.05, 0.1) is 12.6 Å². The molecule has 8 heteroatoms. The lowest BCUT2D eigenvalue weighted by Gasteiger charge is -2.16. The molecular weight excluding hydrogens is 515 g/mol. The highest BCUT2D eigenvalue weighted by Crippen LogP contribution is 2.22. The minimum atomic E-state index is -0.743. The molecule has 0 saturated heterocycles. The maximum atomic E-state index is 10.4. The van der Waals surface area contributed by atoms with E-state index < -0.39 is 6.10 Å². The number of nitrogens with one attached hydrogen (secondary N) is 2. The number of guanidine groups is 1. The third kappa shape index (κ3) is 6.72. The van der Waals surface area contributed by atoms with Gasteiger partial charge in [-0.05, 0) is 32.0 Å². The monoisotopic (exact) mass is 540 g/mol. The number of hydrogen-bond donors (Lipinski definition) is 3. The first-order valence-corrected chi connectivity index (χ1v) is 9.90. The van der Waals surface area contributed by atoms with Crippen LogP contribution in [-0.4, -0.2) is 29.1 Å². The average Bonchev–Trinajstić information content (AvgIpc) is 3.20. The Kier molecular flexibility index (Phi) is 9.61. The fraction of sp³-hybridized carbons (Fsp3) is 0.273. The van der Waals surface area contributed by atoms with Gasteiger partial charge in [-0.2, -0.15) is 0 Å². The number of nitrogens with zero attached hydrogens (tertiary/aromatic N) is 2. The SMILES string of the molecule is CCNC(=NCc1coc(-c2ccc(C)cc2)n1)NCC(O)c1ccccc1Cl.I. The average molecular weight is 541 g/mol. The lowest BCUT2D eigenvalue weighted by atomic mass is 10.1. The van der Waals surface area contributed by atoms with Crippen LogP contribution < -0.4 is 10.6 Å². The van der Waals surface area contributed by atoms with Gasteiger partial charge in [0.15, 0.2) is 5.96 Å². The molecule has 160 valence electrons. The van der Waals surface area contributed by atoms with Crippen molar-refractivity contribution >= 4 is 41.5 Å². The summed E-state index contributed by atoms with van der Waals surface area (Å²) in [4.78, 5) is 9.02. The van der Waals surface area contributed by atoms with E-state index in [1.807, 2.05) is 50.2 Å². The molecule has 3 aromatic rings. The lowest BCUT2D eigenvalue weighted by Crippen LogP contribution is -2.39. The number of oxazole rings is 1. The molecule has 0 radical (unpaired) electrons. The third-order valence-corrected chi connectivity index (χ3v) is 4.66. The summed E-state index contributed by atoms with van der Waals surface area (Å²) in [7, 11) is 0. The fourth-order valence-electron chi connectivity index (χ4n) is 2.76. The molecule has 0 bridgehead atoms. The van der Waals surface area contributed by atoms with E-state index in [-0.39, 0.29) is 30.5 Å². The van der Waals surface area contributed by atoms with Crippen LogP contribution in [-0.2, 0) is 6.54 Å². The molecule has 1 atom stereocenters. The first-order valence-electron chi connectivity index (χ1n) is 9.53. The van der Waals surface area contributed by atoms with Crippen molar-refractivity contribution in [2.75, 3.05) is 13.1 Å². The molecule has 3 rings (SSSR count). The smallest absolute Gasteiger partial charge is 0.226 e. The zero-order valence-electron chi connectivity index (χ0n) is 16.9. The van der Waals surface area contributed by atoms with Gasteiger partial charge in [-0.15, -0.1) is 24.0 Å². The highest BCUT2D eigenvalue weighted by atomic mass is 127. The van der Waals surface area contributed by atoms with Gasteiger partial charge in [0.25, 0.3) is 0 Å². The van der Waals surface area contributed by atoms with Gasteiger partial charge in [0, 0.05) is 29.2 Å². The maximum absolute atomic E-state index is 10.4. The fourth-order valence-corrected chi connectivity index (χ4v) is 3.02. The van der Waals surface area contributed by atoms with Crippen LogP contribution in [0, 0.1) is 6.92 Å². The molecule has 0 spiro atoms. The predicted octanol–water partition coefficient (Wildman–Crippen LogP) is 4.71. The van der Waals surface area contributed by atoms with Gasteiger partial charge in [0.1, 0.15) is 12.0 Å². The molecule has 0 aliphatic carbocycles. The number of aliphatic hydroxyl groups excluding tert-OH is 1. The Balaban J connectivity index is 0.00000320. The van der Waals surface area contributed by atoms with E-state index >= 15 is 0 Å². The Morgan fingerprint density at radius 3 is 2.60 bits per heavy atom. The predicted molar refractivity (Wildman–Crippen MR) is 131 cm³/mol. The molecule has 0 aliphatic rings. The highest BCUT2D eigenvalue weighted by molar-refractivity contribution is 14.0. The van der Waals surface area contributed by atoms with Gasteiger partial charge in [-0.25, -0.2) is 9.98 Å². The van der Waals surface area contributed by atoms with Gasteiger partial charge >= 0.3 is 0 Å². The minimum Gasteiger partial charge on any atom is -0.444 e. The number of aromatic nitrogens is 1. The maximum Gasteiger partial charge on any atom is 0.226 e. The van der Waals surface area contributed by atoms with Crippen molar-refractivity contribution in [2.24, 2.45) is 4.99 Å². The van der Waals surface area contributed by atoms with E-state index in [0.29, 0.717) is 35.5 Å². The highest BCUT2D eigenvalue weighted by Gasteiger charge is 2.12. The van der Waals surface area contributed by atoms with Gasteiger partial charge in [-0.3, -0.25) is 0 Å². The lowest BCUT2D eigenvalue weighted by molar-refractivity contribution is 0.181. The number of aliphatic imine (C=N–C) groups is 1. The zero-order valence-corrected chi connectivity index (χ0v) is 20.0. The Bertz CT molecular complexity index is 960. The normalized spacial score (nSPS) is 12.2. The van der Waals surface area contributed by atoms with Crippen LogP contribution in [0.25, 0.3) is 11.5 Å². The molecule has 0 saturated carbocycles. The summed E-state index contributed by atoms with van der Waals surface area (Å²) in [5.74, 6) is 1.15. The molecule has 0 aliphatic heterocycles. The van der Waals surface area contributed by atoms with Crippen LogP contribution in [0.2, 0.25) is 5.02 Å². The number of hydrogen-bond acceptors (Lipinski definition) is 4. The molecule has 0 fully saturated rings. The van der Waals surface area contributed by atoms with Crippen LogP contribution in [0.5, 0.6) is 0 Å². The van der Waals surface area contributed by atoms with E-state index in [1.54, 1.807) is 18.4 Å². The van der Waals surface area contributed by atoms with E-state index in [1.165, 1.54) is 5.56 Å². The summed E-state index contributed by atoms with van der Waals surface area (Å²) < 4.78 is 5.58. The van der Waals surface area contributed by atoms with E-state index in [2.05, 4.69) is 20.6 Å². The van der Waals surface area contributed by atoms with Crippen molar-refractivity contribution in [3.05, 3.63) is 76.6 Å². The number of halogens is 2. The van der Waals surface area contributed by atoms with Crippen LogP contribution in [0.3, 0.4) is 0 Å². The summed E-state index contributed by atoms with van der Waals surface area (Å²) in [6.45, 7) is 5.35. The molecule has 6 nitrogen and oxygen atoms in total. The Hall–Kier alpha value is -2.10. The molecule has 1 unspecified atom stereocenters. The van der Waals surface area contributed by atoms with Gasteiger partial charge in [0.2, 0.25) is 5.89 Å². The zero-order chi connectivity index (χ0) is 20.6. The van der Waals surface area contributed by atoms with Crippen LogP contribution in [0.1, 0.15) is 29.8 Å². The molecule has 1 aromatic heterocycles. The second kappa shape index (κ2) is 11.9. The number of aliphatic hydroxyl groups is 1. The van der Waals surface area contributed by atoms with E-state index in [9.17, 15) is 5.11 Å². The first-order chi connectivity index (χ1) is 14.1. The molecule has 2 aromatic carbocycles. The van der Waals surface area contributed by atoms with Crippen LogP contribution >= 0.6 is 35.6 Å². The quantitative estimate of drug-likeness (QED) is 0.230. The number of benzene rings is 2. The second-order valence-corrected chi connectivity index (χ2v) is 7.03. The van der Waals surface area contributed by atoms with Crippen molar-refractivity contribution in [2.45, 2.75) is 26.5 Å². The van der Waals surface area contributed by atoms with Crippen molar-refractivity contribution in [1.82, 2.24) is 15.6 Å². The molecular formula is C22H26ClIN4O2. The molecule has 0 amide bonds. The van der Waals surface area contributed by atoms with Gasteiger partial charge < -0.3 is 20.2 Å². The van der Waals surface area contributed by atoms with Crippen molar-refractivity contribution in [1.29, 1.82) is 0 Å². The first kappa shape index (κ1) is 24.2. The summed E-state index contributed by atoms with van der Waals surface area (Å²) in [6, 6.07) is 15.3. The Labute approximate surface area is 198 Å². The Morgan fingerprint density at radius 2 is 1.90 bits per heavy atom. The molecule has 1 heterocycles. The standard InChI is InChI=1S/C22H25ClN4O2.HI/c1-3-24-22(26-13-20(28)18-6-4-5-7-19(18)23)25-12-17-14-29-21(27-17)16-10-8-15(2)9-11-16;/h4-11,14,20,28H,3,12-13H2,1-2H3,(H2,24,25,26);1H. The Morgan fingerprint density at radius 1 is 1.17 bits per heavy atom. The van der Waals surface area contributed by atoms with Crippen molar-refractivity contribution < 1.29 is 9.52 Å². The minimum absolute atomic E-state index is 0. The van der Waals surface area contributed by atoms with Crippen molar-refractivity contribution in [3.63, 3.8) is 0 Å².